The highest BCUT2D eigenvalue weighted by molar-refractivity contribution is 5.44. The Morgan fingerprint density at radius 2 is 2.10 bits per heavy atom. The zero-order chi connectivity index (χ0) is 14.3. The average molecular weight is 276 g/mol. The van der Waals surface area contributed by atoms with Crippen LogP contribution in [-0.4, -0.2) is 49.6 Å². The highest BCUT2D eigenvalue weighted by Crippen LogP contribution is 2.35. The molecule has 108 valence electrons. The number of piperidine rings is 1. The van der Waals surface area contributed by atoms with Crippen molar-refractivity contribution in [1.82, 2.24) is 25.3 Å². The molecule has 0 spiro atoms. The number of tetrazole rings is 1. The van der Waals surface area contributed by atoms with E-state index >= 15 is 0 Å². The van der Waals surface area contributed by atoms with Crippen molar-refractivity contribution in [3.63, 3.8) is 0 Å². The molecule has 2 atom stereocenters. The van der Waals surface area contributed by atoms with Gasteiger partial charge in [-0.3, -0.25) is 0 Å². The summed E-state index contributed by atoms with van der Waals surface area (Å²) in [5.74, 6) is 1.12. The van der Waals surface area contributed by atoms with E-state index in [2.05, 4.69) is 46.3 Å². The number of hydrogen-bond acceptors (Lipinski definition) is 6. The van der Waals surface area contributed by atoms with Gasteiger partial charge in [0.05, 0.1) is 6.10 Å². The zero-order valence-electron chi connectivity index (χ0n) is 12.1. The molecule has 0 amide bonds. The molecule has 2 aromatic rings. The molecule has 1 fully saturated rings. The second-order valence-corrected chi connectivity index (χ2v) is 6.49. The highest BCUT2D eigenvalue weighted by atomic mass is 16.3. The Bertz CT molecular complexity index is 604. The summed E-state index contributed by atoms with van der Waals surface area (Å²) >= 11 is 0. The standard InChI is InChI=1S/C13H20N6O/c1-13(2,3)9-6-7-18(8-10(9)20)12-5-4-11-14-16-17-19(11)15-12/h4-5,9-10,20H,6-8H2,1-3H3/t9-,10+/m0/s1. The fourth-order valence-corrected chi connectivity index (χ4v) is 2.96. The van der Waals surface area contributed by atoms with Crippen molar-refractivity contribution in [2.24, 2.45) is 11.3 Å². The quantitative estimate of drug-likeness (QED) is 0.828. The Morgan fingerprint density at radius 1 is 1.30 bits per heavy atom. The lowest BCUT2D eigenvalue weighted by Crippen LogP contribution is -2.48. The molecule has 0 aliphatic carbocycles. The molecule has 7 nitrogen and oxygen atoms in total. The molecule has 1 saturated heterocycles. The normalized spacial score (nSPS) is 24.3. The lowest BCUT2D eigenvalue weighted by atomic mass is 9.74. The van der Waals surface area contributed by atoms with Crippen LogP contribution in [-0.2, 0) is 0 Å². The van der Waals surface area contributed by atoms with Crippen molar-refractivity contribution in [2.75, 3.05) is 18.0 Å². The molecule has 3 heterocycles. The number of hydrogen-bond donors (Lipinski definition) is 1. The number of anilines is 1. The second-order valence-electron chi connectivity index (χ2n) is 6.49. The van der Waals surface area contributed by atoms with E-state index in [0.717, 1.165) is 18.8 Å². The molecule has 2 aromatic heterocycles. The van der Waals surface area contributed by atoms with E-state index in [0.29, 0.717) is 18.1 Å². The number of nitrogens with zero attached hydrogens (tertiary/aromatic N) is 6. The predicted molar refractivity (Wildman–Crippen MR) is 74.4 cm³/mol. The van der Waals surface area contributed by atoms with Crippen LogP contribution in [0.5, 0.6) is 0 Å². The monoisotopic (exact) mass is 276 g/mol. The van der Waals surface area contributed by atoms with Crippen LogP contribution in [0, 0.1) is 11.3 Å². The van der Waals surface area contributed by atoms with Gasteiger partial charge in [-0.05, 0) is 40.3 Å². The van der Waals surface area contributed by atoms with Gasteiger partial charge in [-0.1, -0.05) is 20.8 Å². The first-order valence-corrected chi connectivity index (χ1v) is 6.93. The molecular formula is C13H20N6O. The summed E-state index contributed by atoms with van der Waals surface area (Å²) in [4.78, 5) is 2.09. The van der Waals surface area contributed by atoms with Crippen molar-refractivity contribution in [1.29, 1.82) is 0 Å². The van der Waals surface area contributed by atoms with Crippen molar-refractivity contribution in [3.05, 3.63) is 12.1 Å². The number of fused-ring (bicyclic) bond motifs is 1. The van der Waals surface area contributed by atoms with E-state index in [1.807, 2.05) is 12.1 Å². The topological polar surface area (TPSA) is 79.4 Å². The summed E-state index contributed by atoms with van der Waals surface area (Å²) in [5.41, 5.74) is 0.748. The van der Waals surface area contributed by atoms with Gasteiger partial charge in [-0.2, -0.15) is 0 Å². The van der Waals surface area contributed by atoms with Gasteiger partial charge < -0.3 is 10.0 Å². The molecule has 7 heteroatoms. The first-order valence-electron chi connectivity index (χ1n) is 6.93. The van der Waals surface area contributed by atoms with Crippen molar-refractivity contribution in [2.45, 2.75) is 33.3 Å². The van der Waals surface area contributed by atoms with Gasteiger partial charge in [-0.25, -0.2) is 0 Å². The van der Waals surface area contributed by atoms with Crippen LogP contribution < -0.4 is 4.90 Å². The Kier molecular flexibility index (Phi) is 3.08. The molecular weight excluding hydrogens is 256 g/mol. The Morgan fingerprint density at radius 3 is 2.80 bits per heavy atom. The van der Waals surface area contributed by atoms with E-state index in [4.69, 9.17) is 0 Å². The van der Waals surface area contributed by atoms with Crippen LogP contribution in [0.4, 0.5) is 5.82 Å². The summed E-state index contributed by atoms with van der Waals surface area (Å²) in [6.45, 7) is 8.04. The van der Waals surface area contributed by atoms with Crippen molar-refractivity contribution >= 4 is 11.5 Å². The van der Waals surface area contributed by atoms with Crippen LogP contribution in [0.2, 0.25) is 0 Å². The van der Waals surface area contributed by atoms with E-state index in [-0.39, 0.29) is 11.5 Å². The molecule has 1 aliphatic rings. The molecule has 0 bridgehead atoms. The molecule has 0 unspecified atom stereocenters. The Hall–Kier alpha value is -1.76. The number of aliphatic hydroxyl groups is 1. The lowest BCUT2D eigenvalue weighted by molar-refractivity contribution is 0.0291. The first-order chi connectivity index (χ1) is 9.45. The summed E-state index contributed by atoms with van der Waals surface area (Å²) in [6.07, 6.45) is 0.620. The maximum absolute atomic E-state index is 10.4. The molecule has 20 heavy (non-hydrogen) atoms. The Labute approximate surface area is 117 Å². The van der Waals surface area contributed by atoms with Crippen LogP contribution in [0.25, 0.3) is 5.65 Å². The largest absolute Gasteiger partial charge is 0.391 e. The number of rotatable bonds is 1. The summed E-state index contributed by atoms with van der Waals surface area (Å²) in [6, 6.07) is 3.74. The fraction of sp³-hybridized carbons (Fsp3) is 0.692. The second kappa shape index (κ2) is 4.66. The van der Waals surface area contributed by atoms with Gasteiger partial charge in [0.15, 0.2) is 11.5 Å². The first kappa shape index (κ1) is 13.2. The average Bonchev–Trinajstić information content (AvgIpc) is 2.84. The molecule has 0 radical (unpaired) electrons. The maximum Gasteiger partial charge on any atom is 0.200 e. The van der Waals surface area contributed by atoms with Crippen LogP contribution in [0.3, 0.4) is 0 Å². The number of β-amino-alcohol motifs (C(OH)–C–C–N with tert-alkyl or cyclic N) is 1. The minimum atomic E-state index is -0.338. The highest BCUT2D eigenvalue weighted by Gasteiger charge is 2.36. The molecule has 0 aromatic carbocycles. The molecule has 1 aliphatic heterocycles. The SMILES string of the molecule is CC(C)(C)[C@H]1CCN(c2ccc3nnnn3n2)C[C@H]1O. The lowest BCUT2D eigenvalue weighted by Gasteiger charge is -2.42. The summed E-state index contributed by atoms with van der Waals surface area (Å²) in [5, 5.41) is 26.0. The molecule has 0 saturated carbocycles. The van der Waals surface area contributed by atoms with Gasteiger partial charge in [-0.15, -0.1) is 14.8 Å². The van der Waals surface area contributed by atoms with Crippen LogP contribution in [0.1, 0.15) is 27.2 Å². The molecule has 1 N–H and O–H groups in total. The van der Waals surface area contributed by atoms with E-state index < -0.39 is 0 Å². The Balaban J connectivity index is 1.79. The van der Waals surface area contributed by atoms with E-state index in [9.17, 15) is 5.11 Å². The predicted octanol–water partition coefficient (Wildman–Crippen LogP) is 0.753. The smallest absolute Gasteiger partial charge is 0.200 e. The van der Waals surface area contributed by atoms with Gasteiger partial charge in [0, 0.05) is 13.1 Å². The van der Waals surface area contributed by atoms with Crippen LogP contribution in [0.15, 0.2) is 12.1 Å². The van der Waals surface area contributed by atoms with Crippen molar-refractivity contribution in [3.8, 4) is 0 Å². The minimum Gasteiger partial charge on any atom is -0.391 e. The van der Waals surface area contributed by atoms with Gasteiger partial charge >= 0.3 is 0 Å². The van der Waals surface area contributed by atoms with E-state index in [1.165, 1.54) is 4.63 Å². The van der Waals surface area contributed by atoms with Gasteiger partial charge in [0.1, 0.15) is 0 Å². The third-order valence-corrected chi connectivity index (χ3v) is 4.07. The van der Waals surface area contributed by atoms with E-state index in [1.54, 1.807) is 0 Å². The number of aromatic nitrogens is 5. The van der Waals surface area contributed by atoms with Crippen molar-refractivity contribution < 1.29 is 5.11 Å². The minimum absolute atomic E-state index is 0.124. The maximum atomic E-state index is 10.4. The molecule has 3 rings (SSSR count). The summed E-state index contributed by atoms with van der Waals surface area (Å²) in [7, 11) is 0. The summed E-state index contributed by atoms with van der Waals surface area (Å²) < 4.78 is 1.41. The van der Waals surface area contributed by atoms with Crippen LogP contribution >= 0.6 is 0 Å². The zero-order valence-corrected chi connectivity index (χ0v) is 12.1. The van der Waals surface area contributed by atoms with Gasteiger partial charge in [0.25, 0.3) is 0 Å². The number of aliphatic hydroxyl groups excluding tert-OH is 1. The van der Waals surface area contributed by atoms with Gasteiger partial charge in [0.2, 0.25) is 0 Å². The fourth-order valence-electron chi connectivity index (χ4n) is 2.96. The third-order valence-electron chi connectivity index (χ3n) is 4.07. The third kappa shape index (κ3) is 2.33.